The van der Waals surface area contributed by atoms with Crippen LogP contribution in [0.25, 0.3) is 0 Å². The second kappa shape index (κ2) is 10.1. The number of benzene rings is 1. The molecule has 0 amide bonds. The van der Waals surface area contributed by atoms with Crippen LogP contribution < -0.4 is 0 Å². The maximum absolute atomic E-state index is 11.0. The van der Waals surface area contributed by atoms with Gasteiger partial charge < -0.3 is 0 Å². The summed E-state index contributed by atoms with van der Waals surface area (Å²) >= 11 is 1.45. The fourth-order valence-electron chi connectivity index (χ4n) is 1.66. The standard InChI is InChI=1S/C9H9N.C7H11NO3S2/c1-8-4-2-3-5-9(8)6-7-10;1-2-6-13(9,10)11-8-7-4-3-5-12-7/h2-5H,6H2,1H3;3-4H,2,5-6H2,1H3. The zero-order chi connectivity index (χ0) is 17.1. The molecule has 5 nitrogen and oxygen atoms in total. The Labute approximate surface area is 142 Å². The summed E-state index contributed by atoms with van der Waals surface area (Å²) in [6.07, 6.45) is 4.70. The average molecular weight is 352 g/mol. The summed E-state index contributed by atoms with van der Waals surface area (Å²) in [4.78, 5) is 0. The molecule has 1 aromatic carbocycles. The van der Waals surface area contributed by atoms with Crippen molar-refractivity contribution in [2.75, 3.05) is 11.5 Å². The van der Waals surface area contributed by atoms with E-state index in [2.05, 4.69) is 15.5 Å². The summed E-state index contributed by atoms with van der Waals surface area (Å²) in [5, 5.41) is 12.5. The lowest BCUT2D eigenvalue weighted by Gasteiger charge is -1.98. The van der Waals surface area contributed by atoms with Crippen LogP contribution in [0.5, 0.6) is 0 Å². The molecule has 1 heterocycles. The van der Waals surface area contributed by atoms with Crippen LogP contribution in [0.2, 0.25) is 0 Å². The Hall–Kier alpha value is -1.78. The molecule has 0 aromatic heterocycles. The summed E-state index contributed by atoms with van der Waals surface area (Å²) in [7, 11) is -3.45. The molecular weight excluding hydrogens is 332 g/mol. The van der Waals surface area contributed by atoms with Gasteiger partial charge in [-0.3, -0.25) is 4.28 Å². The summed E-state index contributed by atoms with van der Waals surface area (Å²) < 4.78 is 26.5. The van der Waals surface area contributed by atoms with E-state index >= 15 is 0 Å². The molecule has 0 saturated carbocycles. The van der Waals surface area contributed by atoms with Crippen LogP contribution in [0.4, 0.5) is 0 Å². The zero-order valence-corrected chi connectivity index (χ0v) is 14.9. The van der Waals surface area contributed by atoms with Crippen LogP contribution in [0.1, 0.15) is 24.5 Å². The number of nitrogens with zero attached hydrogens (tertiary/aromatic N) is 2. The van der Waals surface area contributed by atoms with Gasteiger partial charge in [-0.25, -0.2) is 0 Å². The number of oxime groups is 1. The Bertz CT molecular complexity index is 704. The molecule has 0 fully saturated rings. The van der Waals surface area contributed by atoms with Gasteiger partial charge in [0.25, 0.3) is 0 Å². The molecule has 1 aliphatic rings. The Morgan fingerprint density at radius 3 is 2.70 bits per heavy atom. The van der Waals surface area contributed by atoms with Crippen LogP contribution in [0.15, 0.2) is 41.6 Å². The maximum atomic E-state index is 11.0. The first-order valence-electron chi connectivity index (χ1n) is 7.18. The van der Waals surface area contributed by atoms with Crippen LogP contribution in [0, 0.1) is 18.3 Å². The Balaban J connectivity index is 0.000000238. The van der Waals surface area contributed by atoms with Crippen molar-refractivity contribution in [1.82, 2.24) is 0 Å². The van der Waals surface area contributed by atoms with E-state index in [-0.39, 0.29) is 5.75 Å². The molecule has 0 atom stereocenters. The third-order valence-electron chi connectivity index (χ3n) is 2.81. The minimum Gasteiger partial charge on any atom is -0.267 e. The molecule has 0 bridgehead atoms. The van der Waals surface area contributed by atoms with E-state index in [0.29, 0.717) is 17.9 Å². The van der Waals surface area contributed by atoms with Gasteiger partial charge in [0.1, 0.15) is 5.04 Å². The summed E-state index contributed by atoms with van der Waals surface area (Å²) in [5.74, 6) is 0.841. The van der Waals surface area contributed by atoms with Crippen molar-refractivity contribution in [2.24, 2.45) is 5.16 Å². The Morgan fingerprint density at radius 2 is 2.13 bits per heavy atom. The molecule has 1 aliphatic heterocycles. The molecule has 2 rings (SSSR count). The number of hydrogen-bond donors (Lipinski definition) is 0. The Kier molecular flexibility index (Phi) is 8.45. The van der Waals surface area contributed by atoms with E-state index in [1.807, 2.05) is 37.3 Å². The minimum absolute atomic E-state index is 0.0121. The highest BCUT2D eigenvalue weighted by Crippen LogP contribution is 2.14. The molecule has 0 spiro atoms. The lowest BCUT2D eigenvalue weighted by Crippen LogP contribution is -2.06. The number of nitriles is 1. The monoisotopic (exact) mass is 352 g/mol. The lowest BCUT2D eigenvalue weighted by molar-refractivity contribution is 0.340. The maximum Gasteiger partial charge on any atom is 0.328 e. The zero-order valence-electron chi connectivity index (χ0n) is 13.2. The summed E-state index contributed by atoms with van der Waals surface area (Å²) in [6.45, 7) is 3.80. The van der Waals surface area contributed by atoms with Crippen molar-refractivity contribution >= 4 is 26.9 Å². The largest absolute Gasteiger partial charge is 0.328 e. The SMILES string of the molecule is CCCS(=O)(=O)ON=C1C=CCS1.Cc1ccccc1CC#N. The van der Waals surface area contributed by atoms with Crippen LogP contribution in [-0.4, -0.2) is 25.0 Å². The van der Waals surface area contributed by atoms with E-state index in [4.69, 9.17) is 5.26 Å². The van der Waals surface area contributed by atoms with Crippen molar-refractivity contribution in [2.45, 2.75) is 26.7 Å². The van der Waals surface area contributed by atoms with Crippen molar-refractivity contribution in [1.29, 1.82) is 5.26 Å². The predicted molar refractivity (Wildman–Crippen MR) is 94.7 cm³/mol. The molecule has 0 saturated heterocycles. The van der Waals surface area contributed by atoms with Gasteiger partial charge in [-0.1, -0.05) is 54.2 Å². The number of hydrogen-bond acceptors (Lipinski definition) is 6. The first-order valence-corrected chi connectivity index (χ1v) is 9.75. The van der Waals surface area contributed by atoms with Crippen LogP contribution in [-0.2, 0) is 20.8 Å². The highest BCUT2D eigenvalue weighted by atomic mass is 32.2. The van der Waals surface area contributed by atoms with E-state index in [0.717, 1.165) is 11.3 Å². The third-order valence-corrected chi connectivity index (χ3v) is 4.89. The predicted octanol–water partition coefficient (Wildman–Crippen LogP) is 3.42. The van der Waals surface area contributed by atoms with Crippen LogP contribution in [0.3, 0.4) is 0 Å². The number of thioether (sulfide) groups is 1. The topological polar surface area (TPSA) is 79.5 Å². The molecule has 1 aromatic rings. The smallest absolute Gasteiger partial charge is 0.267 e. The van der Waals surface area contributed by atoms with Crippen LogP contribution >= 0.6 is 11.8 Å². The van der Waals surface area contributed by atoms with Gasteiger partial charge in [0.05, 0.1) is 18.2 Å². The number of aryl methyl sites for hydroxylation is 1. The first-order chi connectivity index (χ1) is 11.0. The molecule has 0 aliphatic carbocycles. The summed E-state index contributed by atoms with van der Waals surface area (Å²) in [5.41, 5.74) is 2.33. The van der Waals surface area contributed by atoms with Gasteiger partial charge in [0.2, 0.25) is 0 Å². The third kappa shape index (κ3) is 7.86. The molecular formula is C16H20N2O3S2. The fourth-order valence-corrected chi connectivity index (χ4v) is 3.12. The molecule has 7 heteroatoms. The van der Waals surface area contributed by atoms with Crippen molar-refractivity contribution in [3.8, 4) is 6.07 Å². The van der Waals surface area contributed by atoms with Gasteiger partial charge in [0.15, 0.2) is 0 Å². The molecule has 0 N–H and O–H groups in total. The highest BCUT2D eigenvalue weighted by Gasteiger charge is 2.10. The second-order valence-electron chi connectivity index (χ2n) is 4.74. The van der Waals surface area contributed by atoms with Gasteiger partial charge in [-0.05, 0) is 30.5 Å². The van der Waals surface area contributed by atoms with E-state index in [1.165, 1.54) is 17.3 Å². The lowest BCUT2D eigenvalue weighted by atomic mass is 10.1. The average Bonchev–Trinajstić information content (AvgIpc) is 3.02. The van der Waals surface area contributed by atoms with Crippen molar-refractivity contribution in [3.05, 3.63) is 47.5 Å². The van der Waals surface area contributed by atoms with Gasteiger partial charge >= 0.3 is 10.1 Å². The van der Waals surface area contributed by atoms with Crippen molar-refractivity contribution in [3.63, 3.8) is 0 Å². The van der Waals surface area contributed by atoms with E-state index < -0.39 is 10.1 Å². The quantitative estimate of drug-likeness (QED) is 0.759. The first kappa shape index (κ1) is 19.3. The Morgan fingerprint density at radius 1 is 1.39 bits per heavy atom. The highest BCUT2D eigenvalue weighted by molar-refractivity contribution is 8.14. The normalized spacial score (nSPS) is 14.9. The van der Waals surface area contributed by atoms with E-state index in [1.54, 1.807) is 13.0 Å². The fraction of sp³-hybridized carbons (Fsp3) is 0.375. The molecule has 23 heavy (non-hydrogen) atoms. The van der Waals surface area contributed by atoms with Gasteiger partial charge in [0, 0.05) is 5.75 Å². The molecule has 0 radical (unpaired) electrons. The van der Waals surface area contributed by atoms with E-state index in [9.17, 15) is 8.42 Å². The van der Waals surface area contributed by atoms with Gasteiger partial charge in [-0.2, -0.15) is 13.7 Å². The molecule has 0 unspecified atom stereocenters. The number of rotatable bonds is 5. The van der Waals surface area contributed by atoms with Crippen molar-refractivity contribution < 1.29 is 12.7 Å². The summed E-state index contributed by atoms with van der Waals surface area (Å²) in [6, 6.07) is 10.1. The van der Waals surface area contributed by atoms with Gasteiger partial charge in [-0.15, -0.1) is 0 Å². The minimum atomic E-state index is -3.45. The second-order valence-corrected chi connectivity index (χ2v) is 7.45. The molecule has 124 valence electrons.